The second-order valence-electron chi connectivity index (χ2n) is 5.57. The van der Waals surface area contributed by atoms with Crippen LogP contribution in [0.3, 0.4) is 0 Å². The minimum absolute atomic E-state index is 0.136. The van der Waals surface area contributed by atoms with E-state index in [0.29, 0.717) is 5.95 Å². The number of aromatic amines is 1. The Hall–Kier alpha value is -1.81. The molecule has 1 aromatic carbocycles. The van der Waals surface area contributed by atoms with Crippen molar-refractivity contribution in [1.82, 2.24) is 9.97 Å². The van der Waals surface area contributed by atoms with Crippen LogP contribution in [-0.2, 0) is 5.41 Å². The Morgan fingerprint density at radius 1 is 1.28 bits per heavy atom. The number of nitrogens with zero attached hydrogens (tertiary/aromatic N) is 1. The van der Waals surface area contributed by atoms with Crippen molar-refractivity contribution in [3.63, 3.8) is 0 Å². The largest absolute Gasteiger partial charge is 0.323 e. The molecule has 0 unspecified atom stereocenters. The van der Waals surface area contributed by atoms with Crippen molar-refractivity contribution in [2.45, 2.75) is 33.1 Å². The Labute approximate surface area is 108 Å². The van der Waals surface area contributed by atoms with Crippen molar-refractivity contribution >= 4 is 5.95 Å². The van der Waals surface area contributed by atoms with E-state index in [1.165, 1.54) is 11.1 Å². The maximum Gasteiger partial charge on any atom is 0.215 e. The molecule has 0 radical (unpaired) electrons. The van der Waals surface area contributed by atoms with Gasteiger partial charge >= 0.3 is 0 Å². The first kappa shape index (κ1) is 12.6. The van der Waals surface area contributed by atoms with Crippen LogP contribution >= 0.6 is 0 Å². The molecule has 2 aromatic rings. The average molecular weight is 244 g/mol. The lowest BCUT2D eigenvalue weighted by Crippen LogP contribution is -2.11. The van der Waals surface area contributed by atoms with Gasteiger partial charge in [-0.2, -0.15) is 0 Å². The molecule has 0 saturated carbocycles. The summed E-state index contributed by atoms with van der Waals surface area (Å²) in [6, 6.07) is 6.53. The van der Waals surface area contributed by atoms with Crippen molar-refractivity contribution in [2.24, 2.45) is 5.84 Å². The van der Waals surface area contributed by atoms with Crippen LogP contribution in [0.15, 0.2) is 24.4 Å². The van der Waals surface area contributed by atoms with Crippen molar-refractivity contribution in [2.75, 3.05) is 5.43 Å². The topological polar surface area (TPSA) is 66.7 Å². The minimum atomic E-state index is 0.136. The molecule has 96 valence electrons. The van der Waals surface area contributed by atoms with Crippen molar-refractivity contribution < 1.29 is 0 Å². The number of hydrogen-bond donors (Lipinski definition) is 3. The molecule has 0 aliphatic carbocycles. The van der Waals surface area contributed by atoms with E-state index < -0.39 is 0 Å². The minimum Gasteiger partial charge on any atom is -0.323 e. The first-order valence-electron chi connectivity index (χ1n) is 6.05. The van der Waals surface area contributed by atoms with Gasteiger partial charge in [-0.25, -0.2) is 10.8 Å². The summed E-state index contributed by atoms with van der Waals surface area (Å²) in [5.74, 6) is 5.91. The summed E-state index contributed by atoms with van der Waals surface area (Å²) in [6.45, 7) is 8.72. The molecule has 4 heteroatoms. The Bertz CT molecular complexity index is 549. The number of nitrogens with two attached hydrogens (primary N) is 1. The summed E-state index contributed by atoms with van der Waals surface area (Å²) in [6.07, 6.45) is 1.80. The highest BCUT2D eigenvalue weighted by atomic mass is 15.3. The third-order valence-electron chi connectivity index (χ3n) is 3.11. The number of nitrogen functional groups attached to an aromatic ring is 1. The third-order valence-corrected chi connectivity index (χ3v) is 3.11. The number of hydrazine groups is 1. The van der Waals surface area contributed by atoms with E-state index in [4.69, 9.17) is 5.84 Å². The molecule has 1 aromatic heterocycles. The van der Waals surface area contributed by atoms with Gasteiger partial charge in [0, 0.05) is 5.56 Å². The normalized spacial score (nSPS) is 11.6. The van der Waals surface area contributed by atoms with E-state index in [-0.39, 0.29) is 5.41 Å². The van der Waals surface area contributed by atoms with E-state index in [0.717, 1.165) is 11.3 Å². The number of nitrogens with one attached hydrogen (secondary N) is 2. The lowest BCUT2D eigenvalue weighted by atomic mass is 9.85. The zero-order chi connectivity index (χ0) is 13.3. The van der Waals surface area contributed by atoms with Gasteiger partial charge in [0.05, 0.1) is 11.9 Å². The number of aryl methyl sites for hydroxylation is 1. The van der Waals surface area contributed by atoms with Gasteiger partial charge < -0.3 is 4.98 Å². The van der Waals surface area contributed by atoms with Crippen LogP contribution in [0.2, 0.25) is 0 Å². The molecule has 0 bridgehead atoms. The molecule has 0 fully saturated rings. The van der Waals surface area contributed by atoms with Gasteiger partial charge in [-0.1, -0.05) is 32.9 Å². The maximum atomic E-state index is 5.33. The Morgan fingerprint density at radius 2 is 2.00 bits per heavy atom. The van der Waals surface area contributed by atoms with E-state index >= 15 is 0 Å². The summed E-state index contributed by atoms with van der Waals surface area (Å²) in [5.41, 5.74) is 7.32. The van der Waals surface area contributed by atoms with Gasteiger partial charge in [-0.3, -0.25) is 5.43 Å². The number of anilines is 1. The molecular formula is C14H20N4. The summed E-state index contributed by atoms with van der Waals surface area (Å²) in [4.78, 5) is 7.30. The standard InChI is InChI=1S/C14H20N4/c1-9-5-6-10(14(2,3)4)7-11(9)12-8-16-13(17-12)18-15/h5-8H,15H2,1-4H3,(H2,16,17,18). The summed E-state index contributed by atoms with van der Waals surface area (Å²) in [5, 5.41) is 0. The van der Waals surface area contributed by atoms with Crippen LogP contribution in [0.25, 0.3) is 11.3 Å². The predicted octanol–water partition coefficient (Wildman–Crippen LogP) is 2.97. The highest BCUT2D eigenvalue weighted by Gasteiger charge is 2.15. The van der Waals surface area contributed by atoms with Gasteiger partial charge in [0.2, 0.25) is 5.95 Å². The highest BCUT2D eigenvalue weighted by molar-refractivity contribution is 5.65. The number of aromatic nitrogens is 2. The van der Waals surface area contributed by atoms with E-state index in [1.807, 2.05) is 0 Å². The van der Waals surface area contributed by atoms with Crippen LogP contribution in [0.1, 0.15) is 31.9 Å². The monoisotopic (exact) mass is 244 g/mol. The van der Waals surface area contributed by atoms with Gasteiger partial charge in [0.1, 0.15) is 0 Å². The number of imidazole rings is 1. The van der Waals surface area contributed by atoms with Crippen LogP contribution in [-0.4, -0.2) is 9.97 Å². The molecule has 4 N–H and O–H groups in total. The quantitative estimate of drug-likeness (QED) is 0.562. The predicted molar refractivity (Wildman–Crippen MR) is 75.3 cm³/mol. The molecular weight excluding hydrogens is 224 g/mol. The summed E-state index contributed by atoms with van der Waals surface area (Å²) < 4.78 is 0. The highest BCUT2D eigenvalue weighted by Crippen LogP contribution is 2.29. The molecule has 2 rings (SSSR count). The zero-order valence-corrected chi connectivity index (χ0v) is 11.3. The summed E-state index contributed by atoms with van der Waals surface area (Å²) in [7, 11) is 0. The Balaban J connectivity index is 2.49. The molecule has 0 spiro atoms. The fraction of sp³-hybridized carbons (Fsp3) is 0.357. The Morgan fingerprint density at radius 3 is 2.56 bits per heavy atom. The first-order valence-corrected chi connectivity index (χ1v) is 6.05. The Kier molecular flexibility index (Phi) is 3.13. The van der Waals surface area contributed by atoms with Gasteiger partial charge in [0.25, 0.3) is 0 Å². The molecule has 0 saturated heterocycles. The fourth-order valence-electron chi connectivity index (χ4n) is 1.91. The first-order chi connectivity index (χ1) is 8.41. The zero-order valence-electron chi connectivity index (χ0n) is 11.3. The summed E-state index contributed by atoms with van der Waals surface area (Å²) >= 11 is 0. The van der Waals surface area contributed by atoms with Crippen LogP contribution < -0.4 is 11.3 Å². The number of benzene rings is 1. The number of rotatable bonds is 2. The molecule has 18 heavy (non-hydrogen) atoms. The van der Waals surface area contributed by atoms with Crippen LogP contribution in [0.5, 0.6) is 0 Å². The third kappa shape index (κ3) is 2.38. The number of H-pyrrole nitrogens is 1. The molecule has 0 aliphatic rings. The van der Waals surface area contributed by atoms with Crippen LogP contribution in [0, 0.1) is 6.92 Å². The molecule has 1 heterocycles. The van der Waals surface area contributed by atoms with Crippen molar-refractivity contribution in [3.8, 4) is 11.3 Å². The molecule has 4 nitrogen and oxygen atoms in total. The average Bonchev–Trinajstić information content (AvgIpc) is 2.76. The molecule has 0 aliphatic heterocycles. The van der Waals surface area contributed by atoms with Gasteiger partial charge in [0.15, 0.2) is 0 Å². The van der Waals surface area contributed by atoms with Crippen LogP contribution in [0.4, 0.5) is 5.95 Å². The van der Waals surface area contributed by atoms with Gasteiger partial charge in [-0.15, -0.1) is 0 Å². The fourth-order valence-corrected chi connectivity index (χ4v) is 1.91. The molecule has 0 amide bonds. The second-order valence-corrected chi connectivity index (χ2v) is 5.57. The SMILES string of the molecule is Cc1ccc(C(C)(C)C)cc1-c1cnc(NN)[nH]1. The smallest absolute Gasteiger partial charge is 0.215 e. The van der Waals surface area contributed by atoms with Gasteiger partial charge in [-0.05, 0) is 29.5 Å². The van der Waals surface area contributed by atoms with E-state index in [1.54, 1.807) is 6.20 Å². The molecule has 0 atom stereocenters. The second kappa shape index (κ2) is 4.46. The lowest BCUT2D eigenvalue weighted by molar-refractivity contribution is 0.590. The van der Waals surface area contributed by atoms with Crippen molar-refractivity contribution in [1.29, 1.82) is 0 Å². The van der Waals surface area contributed by atoms with Crippen molar-refractivity contribution in [3.05, 3.63) is 35.5 Å². The lowest BCUT2D eigenvalue weighted by Gasteiger charge is -2.20. The van der Waals surface area contributed by atoms with E-state index in [9.17, 15) is 0 Å². The van der Waals surface area contributed by atoms with E-state index in [2.05, 4.69) is 61.3 Å². The maximum absolute atomic E-state index is 5.33. The number of hydrogen-bond acceptors (Lipinski definition) is 3.